The summed E-state index contributed by atoms with van der Waals surface area (Å²) in [6, 6.07) is 19.8. The van der Waals surface area contributed by atoms with Crippen molar-refractivity contribution in [3.05, 3.63) is 89.7 Å². The number of rotatable bonds is 6. The van der Waals surface area contributed by atoms with Crippen LogP contribution in [0.25, 0.3) is 12.2 Å². The Hall–Kier alpha value is -4.52. The molecule has 1 aliphatic heterocycles. The van der Waals surface area contributed by atoms with Gasteiger partial charge in [0.05, 0.1) is 19.9 Å². The van der Waals surface area contributed by atoms with Crippen LogP contribution < -0.4 is 24.8 Å². The summed E-state index contributed by atoms with van der Waals surface area (Å²) in [4.78, 5) is 24.7. The number of methoxy groups -OCH3 is 2. The van der Waals surface area contributed by atoms with Gasteiger partial charge < -0.3 is 24.8 Å². The molecule has 166 valence electrons. The van der Waals surface area contributed by atoms with Gasteiger partial charge in [0.15, 0.2) is 23.0 Å². The van der Waals surface area contributed by atoms with Crippen molar-refractivity contribution in [2.45, 2.75) is 0 Å². The van der Waals surface area contributed by atoms with Crippen molar-refractivity contribution >= 4 is 35.3 Å². The summed E-state index contributed by atoms with van der Waals surface area (Å²) in [5, 5.41) is 5.60. The first-order valence-corrected chi connectivity index (χ1v) is 10.2. The second kappa shape index (κ2) is 9.74. The maximum absolute atomic E-state index is 12.3. The van der Waals surface area contributed by atoms with Crippen molar-refractivity contribution in [2.24, 2.45) is 0 Å². The quantitative estimate of drug-likeness (QED) is 0.539. The average molecular weight is 442 g/mol. The smallest absolute Gasteiger partial charge is 0.291 e. The Bertz CT molecular complexity index is 1260. The number of ether oxygens (including phenoxy) is 3. The van der Waals surface area contributed by atoms with E-state index in [1.807, 2.05) is 36.4 Å². The van der Waals surface area contributed by atoms with E-state index in [1.165, 1.54) is 13.2 Å². The molecule has 3 aromatic rings. The number of benzene rings is 3. The zero-order valence-electron chi connectivity index (χ0n) is 18.1. The lowest BCUT2D eigenvalue weighted by Gasteiger charge is -2.19. The fraction of sp³-hybridized carbons (Fsp3) is 0.0769. The predicted octanol–water partition coefficient (Wildman–Crippen LogP) is 4.73. The minimum Gasteiger partial charge on any atom is -0.493 e. The van der Waals surface area contributed by atoms with Gasteiger partial charge >= 0.3 is 0 Å². The molecular formula is C26H22N2O5. The van der Waals surface area contributed by atoms with Gasteiger partial charge in [-0.25, -0.2) is 0 Å². The fourth-order valence-electron chi connectivity index (χ4n) is 3.28. The molecule has 0 spiro atoms. The van der Waals surface area contributed by atoms with Gasteiger partial charge in [-0.2, -0.15) is 0 Å². The Morgan fingerprint density at radius 2 is 1.73 bits per heavy atom. The fourth-order valence-corrected chi connectivity index (χ4v) is 3.28. The maximum atomic E-state index is 12.3. The summed E-state index contributed by atoms with van der Waals surface area (Å²) in [6.07, 6.45) is 4.78. The first kappa shape index (κ1) is 21.7. The zero-order valence-corrected chi connectivity index (χ0v) is 18.1. The molecular weight excluding hydrogens is 420 g/mol. The first-order chi connectivity index (χ1) is 16.1. The molecule has 1 heterocycles. The van der Waals surface area contributed by atoms with Crippen LogP contribution in [0.4, 0.5) is 11.4 Å². The number of fused-ring (bicyclic) bond motifs is 1. The van der Waals surface area contributed by atoms with Crippen LogP contribution in [0.3, 0.4) is 0 Å². The molecule has 0 saturated heterocycles. The van der Waals surface area contributed by atoms with Crippen LogP contribution in [-0.2, 0) is 9.59 Å². The van der Waals surface area contributed by atoms with Crippen molar-refractivity contribution in [2.75, 3.05) is 24.9 Å². The third kappa shape index (κ3) is 5.22. The summed E-state index contributed by atoms with van der Waals surface area (Å²) in [5.74, 6) is 1.28. The largest absolute Gasteiger partial charge is 0.493 e. The number of hydrogen-bond acceptors (Lipinski definition) is 5. The third-order valence-electron chi connectivity index (χ3n) is 4.87. The number of para-hydroxylation sites is 2. The summed E-state index contributed by atoms with van der Waals surface area (Å²) in [6.45, 7) is 0. The van der Waals surface area contributed by atoms with Gasteiger partial charge in [0.2, 0.25) is 5.91 Å². The van der Waals surface area contributed by atoms with E-state index in [-0.39, 0.29) is 17.6 Å². The van der Waals surface area contributed by atoms with E-state index < -0.39 is 0 Å². The van der Waals surface area contributed by atoms with Crippen molar-refractivity contribution in [3.8, 4) is 17.2 Å². The molecule has 0 unspecified atom stereocenters. The molecule has 1 aliphatic rings. The van der Waals surface area contributed by atoms with E-state index in [4.69, 9.17) is 14.2 Å². The molecule has 0 aliphatic carbocycles. The highest BCUT2D eigenvalue weighted by atomic mass is 16.5. The maximum Gasteiger partial charge on any atom is 0.291 e. The molecule has 0 aromatic heterocycles. The van der Waals surface area contributed by atoms with Gasteiger partial charge in [-0.05, 0) is 53.6 Å². The highest BCUT2D eigenvalue weighted by molar-refractivity contribution is 6.08. The van der Waals surface area contributed by atoms with Crippen LogP contribution in [0, 0.1) is 0 Å². The standard InChI is InChI=1S/C26H22N2O5/c1-31-22-12-11-19(16-23(22)32-2)27-25(29)13-10-17-6-5-7-18(14-17)15-24-26(30)28-20-8-3-4-9-21(20)33-24/h3-16H,1-2H3,(H,27,29)(H,28,30)/b13-10+,24-15-. The van der Waals surface area contributed by atoms with E-state index in [9.17, 15) is 9.59 Å². The second-order valence-corrected chi connectivity index (χ2v) is 7.12. The minimum atomic E-state index is -0.316. The number of anilines is 2. The van der Waals surface area contributed by atoms with Crippen LogP contribution in [0.5, 0.6) is 17.2 Å². The normalized spacial score (nSPS) is 13.8. The summed E-state index contributed by atoms with van der Waals surface area (Å²) in [5.41, 5.74) is 2.78. The highest BCUT2D eigenvalue weighted by Gasteiger charge is 2.21. The predicted molar refractivity (Wildman–Crippen MR) is 127 cm³/mol. The van der Waals surface area contributed by atoms with Crippen LogP contribution in [0.1, 0.15) is 11.1 Å². The topological polar surface area (TPSA) is 85.9 Å². The Kier molecular flexibility index (Phi) is 6.40. The lowest BCUT2D eigenvalue weighted by molar-refractivity contribution is -0.115. The SMILES string of the molecule is COc1ccc(NC(=O)/C=C/c2cccc(/C=C3\Oc4ccccc4NC3=O)c2)cc1OC. The van der Waals surface area contributed by atoms with E-state index >= 15 is 0 Å². The number of carbonyl (C=O) groups is 2. The Balaban J connectivity index is 1.45. The Morgan fingerprint density at radius 1 is 0.939 bits per heavy atom. The van der Waals surface area contributed by atoms with Crippen LogP contribution in [0.15, 0.2) is 78.6 Å². The molecule has 0 bridgehead atoms. The molecule has 33 heavy (non-hydrogen) atoms. The molecule has 7 heteroatoms. The molecule has 0 radical (unpaired) electrons. The highest BCUT2D eigenvalue weighted by Crippen LogP contribution is 2.31. The monoisotopic (exact) mass is 442 g/mol. The van der Waals surface area contributed by atoms with E-state index in [2.05, 4.69) is 10.6 Å². The van der Waals surface area contributed by atoms with Gasteiger partial charge in [-0.3, -0.25) is 9.59 Å². The minimum absolute atomic E-state index is 0.195. The van der Waals surface area contributed by atoms with Crippen LogP contribution in [0.2, 0.25) is 0 Å². The van der Waals surface area contributed by atoms with Gasteiger partial charge in [0, 0.05) is 17.8 Å². The summed E-state index contributed by atoms with van der Waals surface area (Å²) >= 11 is 0. The lowest BCUT2D eigenvalue weighted by atomic mass is 10.1. The van der Waals surface area contributed by atoms with E-state index in [1.54, 1.807) is 49.6 Å². The number of nitrogens with one attached hydrogen (secondary N) is 2. The molecule has 7 nitrogen and oxygen atoms in total. The molecule has 3 aromatic carbocycles. The average Bonchev–Trinajstić information content (AvgIpc) is 2.83. The van der Waals surface area contributed by atoms with E-state index in [0.717, 1.165) is 11.1 Å². The second-order valence-electron chi connectivity index (χ2n) is 7.12. The summed E-state index contributed by atoms with van der Waals surface area (Å²) < 4.78 is 16.2. The van der Waals surface area contributed by atoms with Crippen LogP contribution >= 0.6 is 0 Å². The van der Waals surface area contributed by atoms with E-state index in [0.29, 0.717) is 28.6 Å². The molecule has 2 N–H and O–H groups in total. The lowest BCUT2D eigenvalue weighted by Crippen LogP contribution is -2.23. The zero-order chi connectivity index (χ0) is 23.2. The van der Waals surface area contributed by atoms with Gasteiger partial charge in [0.25, 0.3) is 5.91 Å². The molecule has 4 rings (SSSR count). The van der Waals surface area contributed by atoms with Crippen LogP contribution in [-0.4, -0.2) is 26.0 Å². The van der Waals surface area contributed by atoms with Gasteiger partial charge in [0.1, 0.15) is 0 Å². The number of hydrogen-bond donors (Lipinski definition) is 2. The summed E-state index contributed by atoms with van der Waals surface area (Å²) in [7, 11) is 3.08. The van der Waals surface area contributed by atoms with Gasteiger partial charge in [-0.15, -0.1) is 0 Å². The van der Waals surface area contributed by atoms with Crippen molar-refractivity contribution in [1.82, 2.24) is 0 Å². The van der Waals surface area contributed by atoms with Gasteiger partial charge in [-0.1, -0.05) is 30.3 Å². The third-order valence-corrected chi connectivity index (χ3v) is 4.87. The van der Waals surface area contributed by atoms with Crippen molar-refractivity contribution in [1.29, 1.82) is 0 Å². The van der Waals surface area contributed by atoms with Crippen molar-refractivity contribution < 1.29 is 23.8 Å². The van der Waals surface area contributed by atoms with Crippen molar-refractivity contribution in [3.63, 3.8) is 0 Å². The Morgan fingerprint density at radius 3 is 2.55 bits per heavy atom. The molecule has 0 fully saturated rings. The molecule has 0 saturated carbocycles. The Labute approximate surface area is 191 Å². The number of amides is 2. The molecule has 0 atom stereocenters. The molecule has 2 amide bonds. The number of carbonyl (C=O) groups excluding carboxylic acids is 2. The first-order valence-electron chi connectivity index (χ1n) is 10.2.